The van der Waals surface area contributed by atoms with Crippen LogP contribution in [-0.2, 0) is 7.05 Å². The summed E-state index contributed by atoms with van der Waals surface area (Å²) in [7, 11) is 1.83. The van der Waals surface area contributed by atoms with Gasteiger partial charge < -0.3 is 9.63 Å². The van der Waals surface area contributed by atoms with Gasteiger partial charge in [-0.15, -0.1) is 0 Å². The van der Waals surface area contributed by atoms with E-state index >= 15 is 0 Å². The molecule has 1 aromatic carbocycles. The molecule has 3 aromatic rings. The van der Waals surface area contributed by atoms with Crippen molar-refractivity contribution >= 4 is 0 Å². The standard InChI is InChI=1S/C15H16N4O2/c1-10(13(20)11-6-4-3-5-7-11)15-16-14(18-21-15)12-8-9-19(2)17-12/h3-10,13,20H,1-2H3. The van der Waals surface area contributed by atoms with Gasteiger partial charge in [0.2, 0.25) is 11.7 Å². The highest BCUT2D eigenvalue weighted by Gasteiger charge is 2.24. The van der Waals surface area contributed by atoms with Gasteiger partial charge in [-0.1, -0.05) is 42.4 Å². The molecule has 2 aromatic heterocycles. The van der Waals surface area contributed by atoms with E-state index in [4.69, 9.17) is 4.52 Å². The first-order valence-corrected chi connectivity index (χ1v) is 6.72. The van der Waals surface area contributed by atoms with Crippen LogP contribution in [-0.4, -0.2) is 25.0 Å². The smallest absolute Gasteiger partial charge is 0.232 e. The van der Waals surface area contributed by atoms with Gasteiger partial charge in [0, 0.05) is 13.2 Å². The molecule has 0 fully saturated rings. The van der Waals surface area contributed by atoms with Crippen molar-refractivity contribution < 1.29 is 9.63 Å². The summed E-state index contributed by atoms with van der Waals surface area (Å²) in [6.45, 7) is 1.85. The van der Waals surface area contributed by atoms with Crippen LogP contribution in [0.3, 0.4) is 0 Å². The molecule has 0 saturated carbocycles. The fraction of sp³-hybridized carbons (Fsp3) is 0.267. The molecule has 6 nitrogen and oxygen atoms in total. The summed E-state index contributed by atoms with van der Waals surface area (Å²) in [4.78, 5) is 4.33. The minimum Gasteiger partial charge on any atom is -0.388 e. The lowest BCUT2D eigenvalue weighted by atomic mass is 9.97. The minimum atomic E-state index is -0.691. The monoisotopic (exact) mass is 284 g/mol. The van der Waals surface area contributed by atoms with E-state index in [0.717, 1.165) is 5.56 Å². The molecule has 0 radical (unpaired) electrons. The quantitative estimate of drug-likeness (QED) is 0.795. The Morgan fingerprint density at radius 1 is 1.19 bits per heavy atom. The van der Waals surface area contributed by atoms with Gasteiger partial charge in [0.05, 0.1) is 12.0 Å². The summed E-state index contributed by atoms with van der Waals surface area (Å²) >= 11 is 0. The van der Waals surface area contributed by atoms with Crippen molar-refractivity contribution in [1.82, 2.24) is 19.9 Å². The highest BCUT2D eigenvalue weighted by atomic mass is 16.5. The third-order valence-electron chi connectivity index (χ3n) is 3.39. The predicted octanol–water partition coefficient (Wildman–Crippen LogP) is 2.31. The third-order valence-corrected chi connectivity index (χ3v) is 3.39. The van der Waals surface area contributed by atoms with E-state index in [2.05, 4.69) is 15.2 Å². The highest BCUT2D eigenvalue weighted by molar-refractivity contribution is 5.46. The third kappa shape index (κ3) is 2.71. The summed E-state index contributed by atoms with van der Waals surface area (Å²) in [5.41, 5.74) is 1.47. The average molecular weight is 284 g/mol. The lowest BCUT2D eigenvalue weighted by Gasteiger charge is -2.15. The van der Waals surface area contributed by atoms with Crippen molar-refractivity contribution in [2.24, 2.45) is 7.05 Å². The van der Waals surface area contributed by atoms with Crippen molar-refractivity contribution in [3.05, 3.63) is 54.0 Å². The largest absolute Gasteiger partial charge is 0.388 e. The Kier molecular flexibility index (Phi) is 3.53. The topological polar surface area (TPSA) is 77.0 Å². The SMILES string of the molecule is CC(c1nc(-c2ccn(C)n2)no1)C(O)c1ccccc1. The second-order valence-corrected chi connectivity index (χ2v) is 4.98. The maximum Gasteiger partial charge on any atom is 0.232 e. The van der Waals surface area contributed by atoms with E-state index in [1.165, 1.54) is 0 Å². The first kappa shape index (κ1) is 13.5. The summed E-state index contributed by atoms with van der Waals surface area (Å²) < 4.78 is 6.94. The van der Waals surface area contributed by atoms with Crippen LogP contribution in [0.5, 0.6) is 0 Å². The van der Waals surface area contributed by atoms with E-state index in [9.17, 15) is 5.11 Å². The van der Waals surface area contributed by atoms with Crippen molar-refractivity contribution in [3.63, 3.8) is 0 Å². The number of aliphatic hydroxyl groups is 1. The second kappa shape index (κ2) is 5.49. The van der Waals surface area contributed by atoms with Gasteiger partial charge in [-0.3, -0.25) is 4.68 Å². The molecule has 2 unspecified atom stereocenters. The summed E-state index contributed by atoms with van der Waals surface area (Å²) in [5, 5.41) is 18.5. The molecule has 0 bridgehead atoms. The van der Waals surface area contributed by atoms with Crippen LogP contribution in [0, 0.1) is 0 Å². The molecule has 2 heterocycles. The number of aryl methyl sites for hydroxylation is 1. The van der Waals surface area contributed by atoms with Crippen molar-refractivity contribution in [1.29, 1.82) is 0 Å². The molecule has 0 spiro atoms. The fourth-order valence-corrected chi connectivity index (χ4v) is 2.13. The van der Waals surface area contributed by atoms with E-state index in [1.807, 2.05) is 56.6 Å². The summed E-state index contributed by atoms with van der Waals surface area (Å²) in [6.07, 6.45) is 1.12. The van der Waals surface area contributed by atoms with Gasteiger partial charge in [0.25, 0.3) is 0 Å². The second-order valence-electron chi connectivity index (χ2n) is 4.98. The van der Waals surface area contributed by atoms with E-state index in [0.29, 0.717) is 17.4 Å². The zero-order valence-electron chi connectivity index (χ0n) is 11.8. The molecule has 3 rings (SSSR count). The molecule has 6 heteroatoms. The predicted molar refractivity (Wildman–Crippen MR) is 76.3 cm³/mol. The van der Waals surface area contributed by atoms with Gasteiger partial charge in [-0.25, -0.2) is 0 Å². The van der Waals surface area contributed by atoms with Crippen molar-refractivity contribution in [2.75, 3.05) is 0 Å². The number of benzene rings is 1. The van der Waals surface area contributed by atoms with E-state index < -0.39 is 6.10 Å². The molecule has 0 saturated heterocycles. The van der Waals surface area contributed by atoms with E-state index in [1.54, 1.807) is 4.68 Å². The Morgan fingerprint density at radius 2 is 1.95 bits per heavy atom. The van der Waals surface area contributed by atoms with Crippen LogP contribution in [0.25, 0.3) is 11.5 Å². The highest BCUT2D eigenvalue weighted by Crippen LogP contribution is 2.30. The molecule has 0 aliphatic carbocycles. The molecule has 0 amide bonds. The molecule has 0 aliphatic heterocycles. The number of aromatic nitrogens is 4. The number of nitrogens with zero attached hydrogens (tertiary/aromatic N) is 4. The van der Waals surface area contributed by atoms with Crippen LogP contribution >= 0.6 is 0 Å². The average Bonchev–Trinajstić information content (AvgIpc) is 3.15. The first-order chi connectivity index (χ1) is 10.1. The molecule has 108 valence electrons. The van der Waals surface area contributed by atoms with Gasteiger partial charge in [-0.05, 0) is 11.6 Å². The lowest BCUT2D eigenvalue weighted by Crippen LogP contribution is -2.08. The van der Waals surface area contributed by atoms with Crippen LogP contribution in [0.15, 0.2) is 47.1 Å². The molecule has 1 N–H and O–H groups in total. The van der Waals surface area contributed by atoms with Crippen LogP contribution in [0.4, 0.5) is 0 Å². The zero-order valence-corrected chi connectivity index (χ0v) is 11.8. The molecular formula is C15H16N4O2. The fourth-order valence-electron chi connectivity index (χ4n) is 2.13. The number of rotatable bonds is 4. The van der Waals surface area contributed by atoms with Crippen LogP contribution in [0.1, 0.15) is 30.4 Å². The van der Waals surface area contributed by atoms with Gasteiger partial charge in [0.15, 0.2) is 0 Å². The first-order valence-electron chi connectivity index (χ1n) is 6.72. The molecule has 2 atom stereocenters. The van der Waals surface area contributed by atoms with E-state index in [-0.39, 0.29) is 5.92 Å². The minimum absolute atomic E-state index is 0.294. The maximum atomic E-state index is 10.4. The Hall–Kier alpha value is -2.47. The number of hydrogen-bond donors (Lipinski definition) is 1. The maximum absolute atomic E-state index is 10.4. The van der Waals surface area contributed by atoms with Crippen LogP contribution < -0.4 is 0 Å². The Labute approximate surface area is 122 Å². The number of aliphatic hydroxyl groups excluding tert-OH is 1. The van der Waals surface area contributed by atoms with Crippen molar-refractivity contribution in [3.8, 4) is 11.5 Å². The molecule has 0 aliphatic rings. The van der Waals surface area contributed by atoms with Gasteiger partial charge >= 0.3 is 0 Å². The molecule has 21 heavy (non-hydrogen) atoms. The summed E-state index contributed by atoms with van der Waals surface area (Å²) in [5.74, 6) is 0.530. The normalized spacial score (nSPS) is 14.0. The Bertz CT molecular complexity index is 720. The summed E-state index contributed by atoms with van der Waals surface area (Å²) in [6, 6.07) is 11.2. The zero-order chi connectivity index (χ0) is 14.8. The lowest BCUT2D eigenvalue weighted by molar-refractivity contribution is 0.135. The van der Waals surface area contributed by atoms with Crippen molar-refractivity contribution in [2.45, 2.75) is 18.9 Å². The van der Waals surface area contributed by atoms with Crippen LogP contribution in [0.2, 0.25) is 0 Å². The molecular weight excluding hydrogens is 268 g/mol. The van der Waals surface area contributed by atoms with Gasteiger partial charge in [0.1, 0.15) is 5.69 Å². The number of hydrogen-bond acceptors (Lipinski definition) is 5. The Balaban J connectivity index is 1.82. The Morgan fingerprint density at radius 3 is 2.62 bits per heavy atom. The van der Waals surface area contributed by atoms with Gasteiger partial charge in [-0.2, -0.15) is 10.1 Å².